The topological polar surface area (TPSA) is 38.3 Å². The molecule has 94 valence electrons. The van der Waals surface area contributed by atoms with E-state index in [9.17, 15) is 22.4 Å². The van der Waals surface area contributed by atoms with Crippen molar-refractivity contribution in [3.05, 3.63) is 29.6 Å². The van der Waals surface area contributed by atoms with Crippen molar-refractivity contribution in [1.29, 1.82) is 0 Å². The van der Waals surface area contributed by atoms with E-state index in [1.165, 1.54) is 0 Å². The van der Waals surface area contributed by atoms with Crippen LogP contribution in [0, 0.1) is 5.82 Å². The maximum Gasteiger partial charge on any atom is 0.405 e. The third-order valence-electron chi connectivity index (χ3n) is 1.87. The Hall–Kier alpha value is -1.79. The Bertz CT molecular complexity index is 417. The SMILES string of the molecule is COC(=O)c1cc(F)ccc1NCC(F)(F)F. The van der Waals surface area contributed by atoms with E-state index < -0.39 is 24.5 Å². The van der Waals surface area contributed by atoms with Crippen molar-refractivity contribution >= 4 is 11.7 Å². The maximum absolute atomic E-state index is 12.9. The summed E-state index contributed by atoms with van der Waals surface area (Å²) in [5.41, 5.74) is -0.410. The second kappa shape index (κ2) is 5.03. The molecule has 0 heterocycles. The molecular weight excluding hydrogens is 242 g/mol. The molecule has 0 saturated carbocycles. The highest BCUT2D eigenvalue weighted by atomic mass is 19.4. The van der Waals surface area contributed by atoms with Gasteiger partial charge in [0.25, 0.3) is 0 Å². The summed E-state index contributed by atoms with van der Waals surface area (Å²) in [4.78, 5) is 11.2. The fourth-order valence-corrected chi connectivity index (χ4v) is 1.14. The zero-order valence-corrected chi connectivity index (χ0v) is 8.77. The van der Waals surface area contributed by atoms with Gasteiger partial charge in [0.05, 0.1) is 12.7 Å². The molecule has 0 amide bonds. The van der Waals surface area contributed by atoms with E-state index in [-0.39, 0.29) is 11.3 Å². The smallest absolute Gasteiger partial charge is 0.405 e. The Morgan fingerprint density at radius 2 is 2.06 bits per heavy atom. The monoisotopic (exact) mass is 251 g/mol. The first kappa shape index (κ1) is 13.3. The van der Waals surface area contributed by atoms with E-state index >= 15 is 0 Å². The zero-order chi connectivity index (χ0) is 13.1. The summed E-state index contributed by atoms with van der Waals surface area (Å²) in [6.45, 7) is -1.32. The van der Waals surface area contributed by atoms with Crippen LogP contribution in [0.3, 0.4) is 0 Å². The van der Waals surface area contributed by atoms with Crippen LogP contribution in [-0.4, -0.2) is 25.8 Å². The molecule has 0 spiro atoms. The number of halogens is 4. The van der Waals surface area contributed by atoms with E-state index in [0.29, 0.717) is 0 Å². The second-order valence-corrected chi connectivity index (χ2v) is 3.15. The molecule has 0 aromatic heterocycles. The zero-order valence-electron chi connectivity index (χ0n) is 8.77. The molecule has 7 heteroatoms. The first-order valence-electron chi connectivity index (χ1n) is 4.52. The quantitative estimate of drug-likeness (QED) is 0.662. The van der Waals surface area contributed by atoms with Gasteiger partial charge in [-0.05, 0) is 18.2 Å². The van der Waals surface area contributed by atoms with Crippen LogP contribution < -0.4 is 5.32 Å². The summed E-state index contributed by atoms with van der Waals surface area (Å²) in [6, 6.07) is 2.81. The van der Waals surface area contributed by atoms with E-state index in [1.54, 1.807) is 0 Å². The number of hydrogen-bond acceptors (Lipinski definition) is 3. The Labute approximate surface area is 94.4 Å². The van der Waals surface area contributed by atoms with E-state index in [0.717, 1.165) is 25.3 Å². The summed E-state index contributed by atoms with van der Waals surface area (Å²) in [7, 11) is 1.06. The summed E-state index contributed by atoms with van der Waals surface area (Å²) in [6.07, 6.45) is -4.43. The van der Waals surface area contributed by atoms with Crippen molar-refractivity contribution in [3.63, 3.8) is 0 Å². The predicted molar refractivity (Wildman–Crippen MR) is 52.3 cm³/mol. The van der Waals surface area contributed by atoms with Gasteiger partial charge in [0.1, 0.15) is 12.4 Å². The third kappa shape index (κ3) is 3.93. The number of nitrogens with one attached hydrogen (secondary N) is 1. The Morgan fingerprint density at radius 3 is 2.59 bits per heavy atom. The van der Waals surface area contributed by atoms with Gasteiger partial charge in [0.15, 0.2) is 0 Å². The fourth-order valence-electron chi connectivity index (χ4n) is 1.14. The Balaban J connectivity index is 2.94. The van der Waals surface area contributed by atoms with Crippen molar-refractivity contribution in [2.45, 2.75) is 6.18 Å². The van der Waals surface area contributed by atoms with Crippen LogP contribution in [0.25, 0.3) is 0 Å². The maximum atomic E-state index is 12.9. The molecule has 0 atom stereocenters. The lowest BCUT2D eigenvalue weighted by atomic mass is 10.1. The molecule has 0 aliphatic carbocycles. The first-order valence-corrected chi connectivity index (χ1v) is 4.52. The summed E-state index contributed by atoms with van der Waals surface area (Å²) >= 11 is 0. The molecule has 0 unspecified atom stereocenters. The van der Waals surface area contributed by atoms with Gasteiger partial charge in [-0.15, -0.1) is 0 Å². The fraction of sp³-hybridized carbons (Fsp3) is 0.300. The summed E-state index contributed by atoms with van der Waals surface area (Å²) in [5.74, 6) is -1.64. The molecule has 3 nitrogen and oxygen atoms in total. The standard InChI is InChI=1S/C10H9F4NO2/c1-17-9(16)7-4-6(11)2-3-8(7)15-5-10(12,13)14/h2-4,15H,5H2,1H3. The van der Waals surface area contributed by atoms with Gasteiger partial charge in [-0.1, -0.05) is 0 Å². The predicted octanol–water partition coefficient (Wildman–Crippen LogP) is 2.59. The minimum absolute atomic E-state index is 0.129. The third-order valence-corrected chi connectivity index (χ3v) is 1.87. The lowest BCUT2D eigenvalue weighted by molar-refractivity contribution is -0.115. The molecule has 0 bridgehead atoms. The van der Waals surface area contributed by atoms with Crippen LogP contribution in [0.1, 0.15) is 10.4 Å². The van der Waals surface area contributed by atoms with Crippen molar-refractivity contribution in [1.82, 2.24) is 0 Å². The number of rotatable bonds is 3. The normalized spacial score (nSPS) is 11.1. The summed E-state index contributed by atoms with van der Waals surface area (Å²) in [5, 5.41) is 2.00. The van der Waals surface area contributed by atoms with Crippen LogP contribution in [0.15, 0.2) is 18.2 Å². The number of carbonyl (C=O) groups excluding carboxylic acids is 1. The highest BCUT2D eigenvalue weighted by molar-refractivity contribution is 5.95. The Kier molecular flexibility index (Phi) is 3.93. The molecule has 0 fully saturated rings. The highest BCUT2D eigenvalue weighted by Gasteiger charge is 2.27. The molecule has 1 rings (SSSR count). The van der Waals surface area contributed by atoms with E-state index in [1.807, 2.05) is 5.32 Å². The van der Waals surface area contributed by atoms with Crippen molar-refractivity contribution in [2.24, 2.45) is 0 Å². The molecule has 0 aliphatic rings. The minimum atomic E-state index is -4.43. The molecule has 1 aromatic carbocycles. The number of esters is 1. The van der Waals surface area contributed by atoms with Crippen LogP contribution in [0.5, 0.6) is 0 Å². The van der Waals surface area contributed by atoms with Crippen LogP contribution in [0.4, 0.5) is 23.2 Å². The molecule has 17 heavy (non-hydrogen) atoms. The second-order valence-electron chi connectivity index (χ2n) is 3.15. The van der Waals surface area contributed by atoms with Gasteiger partial charge in [0.2, 0.25) is 0 Å². The molecule has 0 radical (unpaired) electrons. The number of benzene rings is 1. The van der Waals surface area contributed by atoms with Crippen molar-refractivity contribution < 1.29 is 27.1 Å². The van der Waals surface area contributed by atoms with Crippen LogP contribution >= 0.6 is 0 Å². The molecule has 1 N–H and O–H groups in total. The van der Waals surface area contributed by atoms with Crippen LogP contribution in [0.2, 0.25) is 0 Å². The van der Waals surface area contributed by atoms with Crippen molar-refractivity contribution in [3.8, 4) is 0 Å². The van der Waals surface area contributed by atoms with Gasteiger partial charge in [0, 0.05) is 5.69 Å². The van der Waals surface area contributed by atoms with E-state index in [2.05, 4.69) is 4.74 Å². The van der Waals surface area contributed by atoms with Gasteiger partial charge in [-0.25, -0.2) is 9.18 Å². The van der Waals surface area contributed by atoms with E-state index in [4.69, 9.17) is 0 Å². The lowest BCUT2D eigenvalue weighted by Gasteiger charge is -2.12. The molecular formula is C10H9F4NO2. The molecule has 1 aromatic rings. The minimum Gasteiger partial charge on any atom is -0.465 e. The number of anilines is 1. The number of ether oxygens (including phenoxy) is 1. The number of carbonyl (C=O) groups is 1. The number of methoxy groups -OCH3 is 1. The van der Waals surface area contributed by atoms with Gasteiger partial charge < -0.3 is 10.1 Å². The van der Waals surface area contributed by atoms with Gasteiger partial charge >= 0.3 is 12.1 Å². The first-order chi connectivity index (χ1) is 7.83. The van der Waals surface area contributed by atoms with Crippen LogP contribution in [-0.2, 0) is 4.74 Å². The van der Waals surface area contributed by atoms with Gasteiger partial charge in [-0.3, -0.25) is 0 Å². The summed E-state index contributed by atoms with van der Waals surface area (Å²) < 4.78 is 53.1. The van der Waals surface area contributed by atoms with Gasteiger partial charge in [-0.2, -0.15) is 13.2 Å². The highest BCUT2D eigenvalue weighted by Crippen LogP contribution is 2.21. The molecule has 0 saturated heterocycles. The molecule has 0 aliphatic heterocycles. The average molecular weight is 251 g/mol. The average Bonchev–Trinajstić information content (AvgIpc) is 2.25. The Morgan fingerprint density at radius 1 is 1.41 bits per heavy atom. The largest absolute Gasteiger partial charge is 0.465 e. The number of alkyl halides is 3. The number of hydrogen-bond donors (Lipinski definition) is 1. The lowest BCUT2D eigenvalue weighted by Crippen LogP contribution is -2.22. The van der Waals surface area contributed by atoms with Crippen molar-refractivity contribution in [2.75, 3.05) is 19.0 Å².